The van der Waals surface area contributed by atoms with Gasteiger partial charge in [-0.25, -0.2) is 4.98 Å². The molecule has 4 saturated carbocycles. The number of carbonyl (C=O) groups is 1. The minimum Gasteiger partial charge on any atom is -0.444 e. The van der Waals surface area contributed by atoms with E-state index < -0.39 is 0 Å². The zero-order valence-corrected chi connectivity index (χ0v) is 14.2. The molecule has 4 aliphatic carbocycles. The zero-order valence-electron chi connectivity index (χ0n) is 14.2. The van der Waals surface area contributed by atoms with Crippen molar-refractivity contribution in [3.63, 3.8) is 0 Å². The number of anilines is 1. The molecule has 1 heterocycles. The van der Waals surface area contributed by atoms with Crippen LogP contribution < -0.4 is 11.1 Å². The number of nitrogens with zero attached hydrogens (tertiary/aromatic N) is 1. The van der Waals surface area contributed by atoms with Crippen molar-refractivity contribution in [1.82, 2.24) is 10.3 Å². The monoisotopic (exact) mass is 337 g/mol. The fourth-order valence-electron chi connectivity index (χ4n) is 5.76. The number of nitrogens with two attached hydrogens (primary N) is 1. The van der Waals surface area contributed by atoms with E-state index in [0.29, 0.717) is 17.3 Å². The normalized spacial score (nSPS) is 32.7. The molecule has 3 N–H and O–H groups in total. The molecule has 0 aliphatic heterocycles. The van der Waals surface area contributed by atoms with Crippen LogP contribution in [0.25, 0.3) is 11.5 Å². The Morgan fingerprint density at radius 1 is 1.12 bits per heavy atom. The zero-order chi connectivity index (χ0) is 17.0. The maximum atomic E-state index is 12.8. The van der Waals surface area contributed by atoms with Crippen molar-refractivity contribution in [2.24, 2.45) is 17.8 Å². The van der Waals surface area contributed by atoms with E-state index in [1.807, 2.05) is 18.2 Å². The number of nitrogen functional groups attached to an aromatic ring is 1. The van der Waals surface area contributed by atoms with E-state index in [9.17, 15) is 4.79 Å². The van der Waals surface area contributed by atoms with Gasteiger partial charge in [0.1, 0.15) is 6.26 Å². The third kappa shape index (κ3) is 2.53. The third-order valence-corrected chi connectivity index (χ3v) is 6.34. The van der Waals surface area contributed by atoms with Crippen LogP contribution in [-0.4, -0.2) is 16.4 Å². The first-order valence-corrected chi connectivity index (χ1v) is 9.23. The number of rotatable bonds is 3. The molecule has 25 heavy (non-hydrogen) atoms. The minimum absolute atomic E-state index is 0.0171. The summed E-state index contributed by atoms with van der Waals surface area (Å²) in [6, 6.07) is 7.39. The number of benzene rings is 1. The van der Waals surface area contributed by atoms with Crippen molar-refractivity contribution in [3.8, 4) is 11.5 Å². The molecule has 5 heteroatoms. The van der Waals surface area contributed by atoms with Crippen molar-refractivity contribution < 1.29 is 9.21 Å². The highest BCUT2D eigenvalue weighted by Crippen LogP contribution is 2.55. The van der Waals surface area contributed by atoms with Crippen LogP contribution in [0.4, 0.5) is 5.69 Å². The SMILES string of the molecule is Nc1ccccc1-c1nc(C(=O)NC23CC4CC(CC(C4)C2)C3)co1. The highest BCUT2D eigenvalue weighted by molar-refractivity contribution is 5.93. The van der Waals surface area contributed by atoms with Gasteiger partial charge in [-0.2, -0.15) is 0 Å². The van der Waals surface area contributed by atoms with E-state index in [2.05, 4.69) is 10.3 Å². The molecule has 4 aliphatic rings. The second-order valence-corrected chi connectivity index (χ2v) is 8.28. The summed E-state index contributed by atoms with van der Waals surface area (Å²) in [6.45, 7) is 0. The lowest BCUT2D eigenvalue weighted by Gasteiger charge is -2.56. The summed E-state index contributed by atoms with van der Waals surface area (Å²) in [5, 5.41) is 3.33. The number of para-hydroxylation sites is 1. The van der Waals surface area contributed by atoms with Gasteiger partial charge < -0.3 is 15.5 Å². The van der Waals surface area contributed by atoms with Gasteiger partial charge in [0, 0.05) is 11.2 Å². The van der Waals surface area contributed by atoms with E-state index in [1.165, 1.54) is 25.5 Å². The Morgan fingerprint density at radius 2 is 1.76 bits per heavy atom. The molecule has 0 atom stereocenters. The first-order chi connectivity index (χ1) is 12.1. The van der Waals surface area contributed by atoms with Crippen LogP contribution in [0.2, 0.25) is 0 Å². The number of nitrogens with one attached hydrogen (secondary N) is 1. The summed E-state index contributed by atoms with van der Waals surface area (Å²) in [6.07, 6.45) is 8.89. The molecule has 6 rings (SSSR count). The summed E-state index contributed by atoms with van der Waals surface area (Å²) in [4.78, 5) is 17.2. The Labute approximate surface area is 147 Å². The topological polar surface area (TPSA) is 81.1 Å². The van der Waals surface area contributed by atoms with Crippen LogP contribution in [0.15, 0.2) is 34.9 Å². The lowest BCUT2D eigenvalue weighted by Crippen LogP contribution is -2.59. The molecular weight excluding hydrogens is 314 g/mol. The second-order valence-electron chi connectivity index (χ2n) is 8.28. The Balaban J connectivity index is 1.36. The third-order valence-electron chi connectivity index (χ3n) is 6.34. The van der Waals surface area contributed by atoms with Crippen LogP contribution in [0.5, 0.6) is 0 Å². The lowest BCUT2D eigenvalue weighted by molar-refractivity contribution is -0.0167. The maximum Gasteiger partial charge on any atom is 0.273 e. The molecule has 1 aromatic heterocycles. The molecule has 4 bridgehead atoms. The van der Waals surface area contributed by atoms with Crippen molar-refractivity contribution in [1.29, 1.82) is 0 Å². The van der Waals surface area contributed by atoms with E-state index >= 15 is 0 Å². The van der Waals surface area contributed by atoms with Crippen molar-refractivity contribution >= 4 is 11.6 Å². The summed E-state index contributed by atoms with van der Waals surface area (Å²) in [5.41, 5.74) is 7.61. The van der Waals surface area contributed by atoms with Gasteiger partial charge >= 0.3 is 0 Å². The standard InChI is InChI=1S/C20H23N3O2/c21-16-4-2-1-3-15(16)19-22-17(11-25-19)18(24)23-20-8-12-5-13(9-20)7-14(6-12)10-20/h1-4,11-14H,5-10,21H2,(H,23,24). The molecule has 5 nitrogen and oxygen atoms in total. The highest BCUT2D eigenvalue weighted by atomic mass is 16.3. The largest absolute Gasteiger partial charge is 0.444 e. The van der Waals surface area contributed by atoms with Gasteiger partial charge in [-0.3, -0.25) is 4.79 Å². The van der Waals surface area contributed by atoms with Crippen molar-refractivity contribution in [2.75, 3.05) is 5.73 Å². The van der Waals surface area contributed by atoms with Crippen molar-refractivity contribution in [3.05, 3.63) is 36.2 Å². The Bertz CT molecular complexity index is 791. The fourth-order valence-corrected chi connectivity index (χ4v) is 5.76. The van der Waals surface area contributed by atoms with Crippen LogP contribution in [-0.2, 0) is 0 Å². The maximum absolute atomic E-state index is 12.8. The van der Waals surface area contributed by atoms with E-state index in [-0.39, 0.29) is 11.4 Å². The smallest absolute Gasteiger partial charge is 0.273 e. The molecule has 2 aromatic rings. The predicted octanol–water partition coefficient (Wildman–Crippen LogP) is 3.62. The van der Waals surface area contributed by atoms with Crippen LogP contribution >= 0.6 is 0 Å². The highest BCUT2D eigenvalue weighted by Gasteiger charge is 2.51. The van der Waals surface area contributed by atoms with Crippen LogP contribution in [0.3, 0.4) is 0 Å². The average Bonchev–Trinajstić information content (AvgIpc) is 3.03. The molecule has 1 amide bonds. The van der Waals surface area contributed by atoms with E-state index in [4.69, 9.17) is 10.2 Å². The fraction of sp³-hybridized carbons (Fsp3) is 0.500. The molecular formula is C20H23N3O2. The number of amides is 1. The molecule has 0 unspecified atom stereocenters. The van der Waals surface area contributed by atoms with Gasteiger partial charge in [0.15, 0.2) is 5.69 Å². The minimum atomic E-state index is -0.119. The number of aromatic nitrogens is 1. The Morgan fingerprint density at radius 3 is 2.40 bits per heavy atom. The number of hydrogen-bond donors (Lipinski definition) is 2. The number of carbonyl (C=O) groups excluding carboxylic acids is 1. The lowest BCUT2D eigenvalue weighted by atomic mass is 9.53. The van der Waals surface area contributed by atoms with Gasteiger partial charge in [-0.1, -0.05) is 12.1 Å². The summed E-state index contributed by atoms with van der Waals surface area (Å²) in [5.74, 6) is 2.66. The van der Waals surface area contributed by atoms with E-state index in [0.717, 1.165) is 42.6 Å². The molecule has 130 valence electrons. The van der Waals surface area contributed by atoms with Gasteiger partial charge in [0.25, 0.3) is 5.91 Å². The molecule has 0 spiro atoms. The first-order valence-electron chi connectivity index (χ1n) is 9.23. The molecule has 0 saturated heterocycles. The quantitative estimate of drug-likeness (QED) is 0.838. The van der Waals surface area contributed by atoms with Crippen LogP contribution in [0, 0.1) is 17.8 Å². The van der Waals surface area contributed by atoms with Gasteiger partial charge in [-0.05, 0) is 68.4 Å². The van der Waals surface area contributed by atoms with E-state index in [1.54, 1.807) is 6.07 Å². The first kappa shape index (κ1) is 15.0. The summed E-state index contributed by atoms with van der Waals surface area (Å²) >= 11 is 0. The van der Waals surface area contributed by atoms with Gasteiger partial charge in [0.2, 0.25) is 5.89 Å². The van der Waals surface area contributed by atoms with Crippen LogP contribution in [0.1, 0.15) is 49.0 Å². The summed E-state index contributed by atoms with van der Waals surface area (Å²) in [7, 11) is 0. The number of hydrogen-bond acceptors (Lipinski definition) is 4. The van der Waals surface area contributed by atoms with Gasteiger partial charge in [-0.15, -0.1) is 0 Å². The molecule has 4 fully saturated rings. The average molecular weight is 337 g/mol. The summed E-state index contributed by atoms with van der Waals surface area (Å²) < 4.78 is 5.52. The van der Waals surface area contributed by atoms with Crippen molar-refractivity contribution in [2.45, 2.75) is 44.1 Å². The predicted molar refractivity (Wildman–Crippen MR) is 94.7 cm³/mol. The van der Waals surface area contributed by atoms with Gasteiger partial charge in [0.05, 0.1) is 5.56 Å². The molecule has 1 aromatic carbocycles. The Kier molecular flexibility index (Phi) is 3.21. The molecule has 0 radical (unpaired) electrons. The Hall–Kier alpha value is -2.30. The second kappa shape index (κ2) is 5.35. The number of oxazole rings is 1.